The van der Waals surface area contributed by atoms with Crippen LogP contribution in [0.5, 0.6) is 0 Å². The number of amides is 1. The van der Waals surface area contributed by atoms with Crippen molar-refractivity contribution in [1.82, 2.24) is 4.98 Å². The summed E-state index contributed by atoms with van der Waals surface area (Å²) in [6.45, 7) is 4.01. The number of ketones is 1. The molecule has 1 aromatic rings. The highest BCUT2D eigenvalue weighted by Crippen LogP contribution is 2.30. The van der Waals surface area contributed by atoms with Crippen molar-refractivity contribution in [2.75, 3.05) is 5.32 Å². The Morgan fingerprint density at radius 1 is 1.39 bits per heavy atom. The van der Waals surface area contributed by atoms with Crippen LogP contribution in [0.1, 0.15) is 54.9 Å². The second-order valence-corrected chi connectivity index (χ2v) is 5.57. The fourth-order valence-corrected chi connectivity index (χ4v) is 3.17. The minimum atomic E-state index is 0.0125. The van der Waals surface area contributed by atoms with Gasteiger partial charge >= 0.3 is 0 Å². The number of fused-ring (bicyclic) bond motifs is 1. The summed E-state index contributed by atoms with van der Waals surface area (Å²) in [6.07, 6.45) is 3.97. The molecule has 2 rings (SSSR count). The summed E-state index contributed by atoms with van der Waals surface area (Å²) >= 11 is 1.32. The van der Waals surface area contributed by atoms with E-state index in [9.17, 15) is 9.59 Å². The monoisotopic (exact) mass is 266 g/mol. The SMILES string of the molecule is CCC(CC)C(=O)Nc1nc2c(s1)C(=O)CCC2. The topological polar surface area (TPSA) is 59.1 Å². The van der Waals surface area contributed by atoms with Crippen LogP contribution in [0.15, 0.2) is 0 Å². The molecular formula is C13H18N2O2S. The molecule has 1 aromatic heterocycles. The molecule has 0 radical (unpaired) electrons. The molecule has 0 bridgehead atoms. The molecule has 5 heteroatoms. The average Bonchev–Trinajstić information content (AvgIpc) is 2.74. The molecule has 1 aliphatic carbocycles. The summed E-state index contributed by atoms with van der Waals surface area (Å²) in [7, 11) is 0. The van der Waals surface area contributed by atoms with E-state index in [2.05, 4.69) is 10.3 Å². The predicted molar refractivity (Wildman–Crippen MR) is 72.1 cm³/mol. The van der Waals surface area contributed by atoms with Gasteiger partial charge in [0.1, 0.15) is 0 Å². The van der Waals surface area contributed by atoms with Gasteiger partial charge in [-0.1, -0.05) is 25.2 Å². The molecular weight excluding hydrogens is 248 g/mol. The van der Waals surface area contributed by atoms with Gasteiger partial charge in [-0.25, -0.2) is 4.98 Å². The number of anilines is 1. The molecule has 1 heterocycles. The highest BCUT2D eigenvalue weighted by molar-refractivity contribution is 7.17. The van der Waals surface area contributed by atoms with Gasteiger partial charge in [0.2, 0.25) is 5.91 Å². The van der Waals surface area contributed by atoms with E-state index < -0.39 is 0 Å². The number of carbonyl (C=O) groups excluding carboxylic acids is 2. The van der Waals surface area contributed by atoms with E-state index in [-0.39, 0.29) is 17.6 Å². The number of hydrogen-bond donors (Lipinski definition) is 1. The first kappa shape index (κ1) is 13.2. The van der Waals surface area contributed by atoms with Gasteiger partial charge in [0.15, 0.2) is 10.9 Å². The third-order valence-corrected chi connectivity index (χ3v) is 4.41. The van der Waals surface area contributed by atoms with Crippen LogP contribution in [-0.2, 0) is 11.2 Å². The van der Waals surface area contributed by atoms with Crippen molar-refractivity contribution in [1.29, 1.82) is 0 Å². The molecule has 0 saturated carbocycles. The molecule has 0 aromatic carbocycles. The lowest BCUT2D eigenvalue weighted by Crippen LogP contribution is -2.21. The average molecular weight is 266 g/mol. The minimum absolute atomic E-state index is 0.0125. The lowest BCUT2D eigenvalue weighted by atomic mass is 10.0. The number of Topliss-reactive ketones (excluding diaryl/α,β-unsaturated/α-hetero) is 1. The first-order valence-electron chi connectivity index (χ1n) is 6.49. The number of nitrogens with zero attached hydrogens (tertiary/aromatic N) is 1. The van der Waals surface area contributed by atoms with Crippen LogP contribution in [-0.4, -0.2) is 16.7 Å². The molecule has 1 N–H and O–H groups in total. The lowest BCUT2D eigenvalue weighted by molar-refractivity contribution is -0.120. The number of aromatic nitrogens is 1. The number of carbonyl (C=O) groups is 2. The Kier molecular flexibility index (Phi) is 4.11. The van der Waals surface area contributed by atoms with Gasteiger partial charge in [-0.3, -0.25) is 9.59 Å². The van der Waals surface area contributed by atoms with E-state index in [0.717, 1.165) is 36.3 Å². The molecule has 1 aliphatic rings. The summed E-state index contributed by atoms with van der Waals surface area (Å²) in [4.78, 5) is 28.7. The summed E-state index contributed by atoms with van der Waals surface area (Å²) in [5.74, 6) is 0.206. The Labute approximate surface area is 111 Å². The first-order chi connectivity index (χ1) is 8.65. The second-order valence-electron chi connectivity index (χ2n) is 4.57. The Bertz CT molecular complexity index is 464. The van der Waals surface area contributed by atoms with Gasteiger partial charge in [-0.2, -0.15) is 0 Å². The van der Waals surface area contributed by atoms with Crippen molar-refractivity contribution >= 4 is 28.2 Å². The predicted octanol–water partition coefficient (Wildman–Crippen LogP) is 3.04. The fourth-order valence-electron chi connectivity index (χ4n) is 2.19. The maximum absolute atomic E-state index is 11.9. The number of rotatable bonds is 4. The quantitative estimate of drug-likeness (QED) is 0.911. The molecule has 0 spiro atoms. The van der Waals surface area contributed by atoms with E-state index in [4.69, 9.17) is 0 Å². The van der Waals surface area contributed by atoms with Gasteiger partial charge in [0.05, 0.1) is 10.6 Å². The largest absolute Gasteiger partial charge is 0.302 e. The van der Waals surface area contributed by atoms with Crippen molar-refractivity contribution in [2.24, 2.45) is 5.92 Å². The zero-order valence-electron chi connectivity index (χ0n) is 10.8. The Balaban J connectivity index is 2.11. The van der Waals surface area contributed by atoms with E-state index in [0.29, 0.717) is 11.6 Å². The van der Waals surface area contributed by atoms with Crippen molar-refractivity contribution in [3.8, 4) is 0 Å². The fraction of sp³-hybridized carbons (Fsp3) is 0.615. The lowest BCUT2D eigenvalue weighted by Gasteiger charge is -2.10. The molecule has 18 heavy (non-hydrogen) atoms. The summed E-state index contributed by atoms with van der Waals surface area (Å²) in [6, 6.07) is 0. The van der Waals surface area contributed by atoms with Crippen LogP contribution in [0.4, 0.5) is 5.13 Å². The number of nitrogens with one attached hydrogen (secondary N) is 1. The maximum atomic E-state index is 11.9. The molecule has 0 fully saturated rings. The number of hydrogen-bond acceptors (Lipinski definition) is 4. The molecule has 1 amide bonds. The highest BCUT2D eigenvalue weighted by atomic mass is 32.1. The third-order valence-electron chi connectivity index (χ3n) is 3.35. The van der Waals surface area contributed by atoms with Crippen LogP contribution in [0.2, 0.25) is 0 Å². The normalized spacial score (nSPS) is 14.7. The van der Waals surface area contributed by atoms with E-state index in [1.54, 1.807) is 0 Å². The Morgan fingerprint density at radius 3 is 2.72 bits per heavy atom. The van der Waals surface area contributed by atoms with Crippen molar-refractivity contribution in [3.05, 3.63) is 10.6 Å². The van der Waals surface area contributed by atoms with E-state index >= 15 is 0 Å². The molecule has 4 nitrogen and oxygen atoms in total. The van der Waals surface area contributed by atoms with Crippen LogP contribution in [0.3, 0.4) is 0 Å². The first-order valence-corrected chi connectivity index (χ1v) is 7.31. The van der Waals surface area contributed by atoms with Gasteiger partial charge < -0.3 is 5.32 Å². The van der Waals surface area contributed by atoms with Gasteiger partial charge in [0.25, 0.3) is 0 Å². The zero-order valence-corrected chi connectivity index (χ0v) is 11.6. The Morgan fingerprint density at radius 2 is 2.11 bits per heavy atom. The third kappa shape index (κ3) is 2.61. The molecule has 0 aliphatic heterocycles. The standard InChI is InChI=1S/C13H18N2O2S/c1-3-8(4-2)12(17)15-13-14-9-6-5-7-10(16)11(9)18-13/h8H,3-7H2,1-2H3,(H,14,15,17). The van der Waals surface area contributed by atoms with Gasteiger partial charge in [-0.15, -0.1) is 0 Å². The van der Waals surface area contributed by atoms with Crippen LogP contribution in [0.25, 0.3) is 0 Å². The summed E-state index contributed by atoms with van der Waals surface area (Å²) < 4.78 is 0. The molecule has 98 valence electrons. The summed E-state index contributed by atoms with van der Waals surface area (Å²) in [5, 5.41) is 3.41. The molecule has 0 unspecified atom stereocenters. The smallest absolute Gasteiger partial charge is 0.229 e. The highest BCUT2D eigenvalue weighted by Gasteiger charge is 2.23. The van der Waals surface area contributed by atoms with E-state index in [1.807, 2.05) is 13.8 Å². The van der Waals surface area contributed by atoms with E-state index in [1.165, 1.54) is 11.3 Å². The van der Waals surface area contributed by atoms with Crippen LogP contribution >= 0.6 is 11.3 Å². The second kappa shape index (κ2) is 5.61. The van der Waals surface area contributed by atoms with Gasteiger partial charge in [0, 0.05) is 12.3 Å². The van der Waals surface area contributed by atoms with Crippen LogP contribution < -0.4 is 5.32 Å². The Hall–Kier alpha value is -1.23. The van der Waals surface area contributed by atoms with Crippen molar-refractivity contribution in [3.63, 3.8) is 0 Å². The molecule has 0 atom stereocenters. The minimum Gasteiger partial charge on any atom is -0.302 e. The van der Waals surface area contributed by atoms with Gasteiger partial charge in [-0.05, 0) is 25.7 Å². The van der Waals surface area contributed by atoms with Crippen LogP contribution in [0, 0.1) is 5.92 Å². The van der Waals surface area contributed by atoms with Crippen molar-refractivity contribution in [2.45, 2.75) is 46.0 Å². The molecule has 0 saturated heterocycles. The number of aryl methyl sites for hydroxylation is 1. The summed E-state index contributed by atoms with van der Waals surface area (Å²) in [5.41, 5.74) is 0.857. The maximum Gasteiger partial charge on any atom is 0.229 e. The van der Waals surface area contributed by atoms with Crippen molar-refractivity contribution < 1.29 is 9.59 Å². The zero-order chi connectivity index (χ0) is 13.1. The number of thiazole rings is 1.